The van der Waals surface area contributed by atoms with E-state index >= 15 is 0 Å². The van der Waals surface area contributed by atoms with Gasteiger partial charge in [0.25, 0.3) is 0 Å². The van der Waals surface area contributed by atoms with Gasteiger partial charge in [-0.25, -0.2) is 0 Å². The van der Waals surface area contributed by atoms with E-state index in [1.165, 1.54) is 109 Å². The van der Waals surface area contributed by atoms with Crippen molar-refractivity contribution >= 4 is 57.6 Å². The van der Waals surface area contributed by atoms with Gasteiger partial charge < -0.3 is 9.80 Å². The Hall–Kier alpha value is -5.94. The minimum absolute atomic E-state index is 1.22. The minimum atomic E-state index is 1.22. The molecule has 242 valence electrons. The molecular formula is C48H28N2S2. The van der Waals surface area contributed by atoms with Crippen molar-refractivity contribution in [1.29, 1.82) is 0 Å². The molecule has 0 N–H and O–H groups in total. The fourth-order valence-electron chi connectivity index (χ4n) is 8.70. The predicted molar refractivity (Wildman–Crippen MR) is 218 cm³/mol. The topological polar surface area (TPSA) is 6.48 Å². The predicted octanol–water partition coefficient (Wildman–Crippen LogP) is 14.5. The summed E-state index contributed by atoms with van der Waals surface area (Å²) >= 11 is 3.77. The Balaban J connectivity index is 1.01. The molecule has 12 rings (SSSR count). The summed E-state index contributed by atoms with van der Waals surface area (Å²) in [5, 5.41) is 0. The van der Waals surface area contributed by atoms with E-state index < -0.39 is 0 Å². The van der Waals surface area contributed by atoms with Gasteiger partial charge >= 0.3 is 0 Å². The molecule has 0 aliphatic carbocycles. The highest BCUT2D eigenvalue weighted by Gasteiger charge is 2.34. The zero-order chi connectivity index (χ0) is 33.9. The Morgan fingerprint density at radius 3 is 1.08 bits per heavy atom. The summed E-state index contributed by atoms with van der Waals surface area (Å²) < 4.78 is 0. The number of hydrogen-bond acceptors (Lipinski definition) is 4. The van der Waals surface area contributed by atoms with Gasteiger partial charge in [0, 0.05) is 41.8 Å². The normalized spacial score (nSPS) is 13.5. The van der Waals surface area contributed by atoms with Crippen molar-refractivity contribution in [2.75, 3.05) is 9.80 Å². The lowest BCUT2D eigenvalue weighted by atomic mass is 9.95. The molecule has 0 saturated heterocycles. The SMILES string of the molecule is c1ccc2c(c1)-c1ccccc1N1c3ccc(-c4ccc5c(c4)Sc4cccc6c4N5c4ccccc4-c4ccccc4-6)cc3Sc3cccc-2c31. The second-order valence-corrected chi connectivity index (χ2v) is 15.8. The summed E-state index contributed by atoms with van der Waals surface area (Å²) in [4.78, 5) is 10.1. The van der Waals surface area contributed by atoms with Crippen LogP contribution in [0.4, 0.5) is 34.1 Å². The van der Waals surface area contributed by atoms with Crippen molar-refractivity contribution in [3.63, 3.8) is 0 Å². The number of benzene rings is 8. The van der Waals surface area contributed by atoms with Crippen LogP contribution in [-0.2, 0) is 0 Å². The molecule has 0 fully saturated rings. The molecule has 0 aromatic heterocycles. The van der Waals surface area contributed by atoms with Crippen LogP contribution in [0.3, 0.4) is 0 Å². The van der Waals surface area contributed by atoms with Gasteiger partial charge in [0.2, 0.25) is 0 Å². The van der Waals surface area contributed by atoms with Crippen LogP contribution in [0.1, 0.15) is 0 Å². The van der Waals surface area contributed by atoms with Crippen molar-refractivity contribution in [2.24, 2.45) is 0 Å². The summed E-state index contributed by atoms with van der Waals surface area (Å²) in [5.74, 6) is 0. The zero-order valence-electron chi connectivity index (χ0n) is 27.9. The average Bonchev–Trinajstić information content (AvgIpc) is 3.42. The molecule has 4 heterocycles. The molecule has 8 aromatic rings. The number of para-hydroxylation sites is 4. The van der Waals surface area contributed by atoms with E-state index in [1.54, 1.807) is 0 Å². The number of nitrogens with zero attached hydrogens (tertiary/aromatic N) is 2. The quantitative estimate of drug-likeness (QED) is 0.168. The van der Waals surface area contributed by atoms with Crippen molar-refractivity contribution in [2.45, 2.75) is 19.6 Å². The molecule has 0 atom stereocenters. The highest BCUT2D eigenvalue weighted by Crippen LogP contribution is 2.61. The molecule has 52 heavy (non-hydrogen) atoms. The Bertz CT molecular complexity index is 2640. The van der Waals surface area contributed by atoms with Crippen LogP contribution < -0.4 is 9.80 Å². The number of rotatable bonds is 1. The summed E-state index contributed by atoms with van der Waals surface area (Å²) in [6.45, 7) is 0. The summed E-state index contributed by atoms with van der Waals surface area (Å²) in [6.07, 6.45) is 0. The number of anilines is 6. The maximum absolute atomic E-state index is 2.50. The Morgan fingerprint density at radius 2 is 0.635 bits per heavy atom. The maximum atomic E-state index is 2.50. The van der Waals surface area contributed by atoms with Crippen LogP contribution in [0.25, 0.3) is 55.6 Å². The van der Waals surface area contributed by atoms with Gasteiger partial charge in [-0.1, -0.05) is 145 Å². The fraction of sp³-hybridized carbons (Fsp3) is 0. The highest BCUT2D eigenvalue weighted by molar-refractivity contribution is 8.00. The van der Waals surface area contributed by atoms with E-state index in [4.69, 9.17) is 0 Å². The standard InChI is InChI=1S/C48H28N2S2/c1-3-13-33-31(11-1)35-15-5-7-19-39(35)49-41-25-23-29(27-45(41)51-43-21-9-17-37(33)47(43)49)30-24-26-42-46(28-30)52-44-22-10-18-38-34-14-4-2-12-32(34)36-16-6-8-20-40(36)50(42)48(38)44/h1-28H. The fourth-order valence-corrected chi connectivity index (χ4v) is 11.0. The van der Waals surface area contributed by atoms with Gasteiger partial charge in [-0.2, -0.15) is 0 Å². The van der Waals surface area contributed by atoms with Crippen LogP contribution in [0.15, 0.2) is 189 Å². The maximum Gasteiger partial charge on any atom is 0.0680 e. The molecule has 8 aromatic carbocycles. The van der Waals surface area contributed by atoms with Gasteiger partial charge in [-0.3, -0.25) is 0 Å². The highest BCUT2D eigenvalue weighted by atomic mass is 32.2. The van der Waals surface area contributed by atoms with E-state index in [0.717, 1.165) is 0 Å². The molecule has 0 saturated carbocycles. The lowest BCUT2D eigenvalue weighted by Crippen LogP contribution is -2.16. The molecule has 0 amide bonds. The minimum Gasteiger partial charge on any atom is -0.307 e. The van der Waals surface area contributed by atoms with Crippen LogP contribution in [0, 0.1) is 0 Å². The van der Waals surface area contributed by atoms with Crippen LogP contribution in [0.5, 0.6) is 0 Å². The smallest absolute Gasteiger partial charge is 0.0680 e. The number of hydrogen-bond donors (Lipinski definition) is 0. The number of fused-ring (bicyclic) bond motifs is 14. The van der Waals surface area contributed by atoms with E-state index in [2.05, 4.69) is 180 Å². The first-order valence-electron chi connectivity index (χ1n) is 17.7. The average molecular weight is 697 g/mol. The van der Waals surface area contributed by atoms with Gasteiger partial charge in [0.15, 0.2) is 0 Å². The van der Waals surface area contributed by atoms with Crippen LogP contribution in [0.2, 0.25) is 0 Å². The van der Waals surface area contributed by atoms with Crippen molar-refractivity contribution in [1.82, 2.24) is 0 Å². The first-order valence-corrected chi connectivity index (χ1v) is 19.3. The second-order valence-electron chi connectivity index (χ2n) is 13.7. The third-order valence-corrected chi connectivity index (χ3v) is 13.1. The lowest BCUT2D eigenvalue weighted by molar-refractivity contribution is 1.17. The Morgan fingerprint density at radius 1 is 0.269 bits per heavy atom. The Kier molecular flexibility index (Phi) is 5.96. The zero-order valence-corrected chi connectivity index (χ0v) is 29.5. The van der Waals surface area contributed by atoms with E-state index in [1.807, 2.05) is 23.5 Å². The summed E-state index contributed by atoms with van der Waals surface area (Å²) in [7, 11) is 0. The summed E-state index contributed by atoms with van der Waals surface area (Å²) in [5.41, 5.74) is 20.1. The molecule has 4 heteroatoms. The third-order valence-electron chi connectivity index (χ3n) is 10.9. The first kappa shape index (κ1) is 28.7. The van der Waals surface area contributed by atoms with Gasteiger partial charge in [-0.05, 0) is 81.9 Å². The molecule has 0 radical (unpaired) electrons. The van der Waals surface area contributed by atoms with Gasteiger partial charge in [0.05, 0.1) is 34.1 Å². The van der Waals surface area contributed by atoms with Crippen molar-refractivity contribution < 1.29 is 0 Å². The largest absolute Gasteiger partial charge is 0.307 e. The third kappa shape index (κ3) is 3.94. The van der Waals surface area contributed by atoms with Gasteiger partial charge in [-0.15, -0.1) is 0 Å². The molecule has 4 aliphatic heterocycles. The lowest BCUT2D eigenvalue weighted by Gasteiger charge is -2.35. The van der Waals surface area contributed by atoms with Crippen LogP contribution >= 0.6 is 23.5 Å². The molecule has 0 unspecified atom stereocenters. The molecule has 4 aliphatic rings. The van der Waals surface area contributed by atoms with Gasteiger partial charge in [0.1, 0.15) is 0 Å². The Labute approximate surface area is 311 Å². The summed E-state index contributed by atoms with van der Waals surface area (Å²) in [6, 6.07) is 63.1. The molecular weight excluding hydrogens is 669 g/mol. The first-order chi connectivity index (χ1) is 25.8. The van der Waals surface area contributed by atoms with E-state index in [0.29, 0.717) is 0 Å². The van der Waals surface area contributed by atoms with Crippen molar-refractivity contribution in [3.8, 4) is 55.6 Å². The molecule has 0 bridgehead atoms. The van der Waals surface area contributed by atoms with Crippen molar-refractivity contribution in [3.05, 3.63) is 170 Å². The van der Waals surface area contributed by atoms with Crippen LogP contribution in [-0.4, -0.2) is 0 Å². The molecule has 2 nitrogen and oxygen atoms in total. The van der Waals surface area contributed by atoms with E-state index in [9.17, 15) is 0 Å². The second kappa shape index (κ2) is 10.8. The van der Waals surface area contributed by atoms with E-state index in [-0.39, 0.29) is 0 Å². The monoisotopic (exact) mass is 696 g/mol. The molecule has 0 spiro atoms.